The van der Waals surface area contributed by atoms with Crippen molar-refractivity contribution in [2.24, 2.45) is 4.53 Å². The summed E-state index contributed by atoms with van der Waals surface area (Å²) in [5, 5.41) is 19.3. The number of rotatable bonds is 3. The van der Waals surface area contributed by atoms with Crippen LogP contribution >= 0.6 is 0 Å². The Hall–Kier alpha value is -2.53. The molecule has 5 nitrogen and oxygen atoms in total. The predicted molar refractivity (Wildman–Crippen MR) is 107 cm³/mol. The van der Waals surface area contributed by atoms with Crippen molar-refractivity contribution in [1.29, 1.82) is 5.26 Å². The monoisotopic (exact) mass is 398 g/mol. The van der Waals surface area contributed by atoms with Crippen LogP contribution in [0.3, 0.4) is 0 Å². The van der Waals surface area contributed by atoms with E-state index in [1.165, 1.54) is 6.08 Å². The minimum absolute atomic E-state index is 0.166. The van der Waals surface area contributed by atoms with Crippen molar-refractivity contribution in [3.05, 3.63) is 82.3 Å². The van der Waals surface area contributed by atoms with E-state index in [0.717, 1.165) is 11.1 Å². The highest BCUT2D eigenvalue weighted by Crippen LogP contribution is 2.35. The van der Waals surface area contributed by atoms with E-state index in [1.54, 1.807) is 36.4 Å². The minimum atomic E-state index is -3.76. The van der Waals surface area contributed by atoms with Crippen LogP contribution in [-0.4, -0.2) is 18.2 Å². The Bertz CT molecular complexity index is 1120. The highest BCUT2D eigenvalue weighted by Gasteiger charge is 2.36. The molecule has 1 aliphatic heterocycles. The summed E-state index contributed by atoms with van der Waals surface area (Å²) in [6.45, 7) is 3.75. The third-order valence-electron chi connectivity index (χ3n) is 4.37. The maximum absolute atomic E-state index is 13.1. The van der Waals surface area contributed by atoms with Crippen molar-refractivity contribution in [3.8, 4) is 6.07 Å². The molecule has 2 unspecified atom stereocenters. The highest BCUT2D eigenvalue weighted by molar-refractivity contribution is 8.09. The van der Waals surface area contributed by atoms with E-state index >= 15 is 0 Å². The van der Waals surface area contributed by atoms with E-state index < -0.39 is 25.1 Å². The van der Waals surface area contributed by atoms with Gasteiger partial charge in [0.2, 0.25) is 0 Å². The van der Waals surface area contributed by atoms with Crippen molar-refractivity contribution in [1.82, 2.24) is 0 Å². The van der Waals surface area contributed by atoms with Crippen molar-refractivity contribution in [2.75, 3.05) is 0 Å². The summed E-state index contributed by atoms with van der Waals surface area (Å²) in [6, 6.07) is 16.1. The summed E-state index contributed by atoms with van der Waals surface area (Å²) in [7, 11) is -5.14. The van der Waals surface area contributed by atoms with Gasteiger partial charge in [0.15, 0.2) is 9.84 Å². The van der Waals surface area contributed by atoms with Crippen LogP contribution in [0.15, 0.2) is 75.0 Å². The molecule has 2 aromatic carbocycles. The standard InChI is InChI=1S/C20H18N2O3S2/c1-14-7-9-16(10-8-14)27(24,25)20-12-11-19(26(20)22-23)18(13-21)17-6-4-3-5-15(17)2/h3-12,20,23H,1-2H3. The first kappa shape index (κ1) is 19.2. The molecule has 2 aromatic rings. The maximum Gasteiger partial charge on any atom is 0.195 e. The second-order valence-electron chi connectivity index (χ2n) is 6.15. The number of hydrogen-bond donors (Lipinski definition) is 1. The lowest BCUT2D eigenvalue weighted by Gasteiger charge is -2.14. The molecule has 0 aliphatic carbocycles. The molecule has 0 bridgehead atoms. The average molecular weight is 399 g/mol. The molecular weight excluding hydrogens is 380 g/mol. The SMILES string of the molecule is Cc1ccc(S(=O)(=O)C2C=CC(=C(C#N)c3ccccc3C)S2=NO)cc1. The van der Waals surface area contributed by atoms with Crippen molar-refractivity contribution < 1.29 is 13.6 Å². The molecule has 138 valence electrons. The number of nitriles is 1. The number of allylic oxidation sites excluding steroid dienone is 2. The van der Waals surface area contributed by atoms with Crippen LogP contribution in [0, 0.1) is 25.2 Å². The second-order valence-corrected chi connectivity index (χ2v) is 10.3. The molecule has 0 saturated heterocycles. The lowest BCUT2D eigenvalue weighted by atomic mass is 10.0. The first-order valence-corrected chi connectivity index (χ1v) is 11.0. The van der Waals surface area contributed by atoms with Gasteiger partial charge >= 0.3 is 0 Å². The second kappa shape index (κ2) is 7.61. The van der Waals surface area contributed by atoms with E-state index in [1.807, 2.05) is 32.0 Å². The zero-order valence-corrected chi connectivity index (χ0v) is 16.5. The topological polar surface area (TPSA) is 90.5 Å². The van der Waals surface area contributed by atoms with Gasteiger partial charge in [-0.25, -0.2) is 8.42 Å². The summed E-state index contributed by atoms with van der Waals surface area (Å²) >= 11 is 0. The molecule has 0 saturated carbocycles. The maximum atomic E-state index is 13.1. The zero-order valence-electron chi connectivity index (χ0n) is 14.8. The fraction of sp³-hybridized carbons (Fsp3) is 0.150. The van der Waals surface area contributed by atoms with Gasteiger partial charge in [0.25, 0.3) is 0 Å². The van der Waals surface area contributed by atoms with E-state index in [2.05, 4.69) is 10.6 Å². The Balaban J connectivity index is 2.12. The Kier molecular flexibility index (Phi) is 5.42. The molecule has 1 N–H and O–H groups in total. The quantitative estimate of drug-likeness (QED) is 0.622. The van der Waals surface area contributed by atoms with Gasteiger partial charge in [-0.2, -0.15) is 5.26 Å². The van der Waals surface area contributed by atoms with Gasteiger partial charge in [0.1, 0.15) is 10.7 Å². The van der Waals surface area contributed by atoms with Crippen molar-refractivity contribution in [2.45, 2.75) is 23.3 Å². The number of sulfone groups is 1. The smallest absolute Gasteiger partial charge is 0.195 e. The molecule has 0 spiro atoms. The Morgan fingerprint density at radius 3 is 2.41 bits per heavy atom. The van der Waals surface area contributed by atoms with Gasteiger partial charge < -0.3 is 0 Å². The van der Waals surface area contributed by atoms with Gasteiger partial charge in [-0.3, -0.25) is 5.21 Å². The average Bonchev–Trinajstić information content (AvgIpc) is 3.09. The van der Waals surface area contributed by atoms with Crippen LogP contribution < -0.4 is 0 Å². The van der Waals surface area contributed by atoms with E-state index in [0.29, 0.717) is 16.0 Å². The van der Waals surface area contributed by atoms with Gasteiger partial charge in [0.05, 0.1) is 10.5 Å². The van der Waals surface area contributed by atoms with Crippen LogP contribution in [-0.2, 0) is 20.5 Å². The van der Waals surface area contributed by atoms with Gasteiger partial charge in [-0.15, -0.1) is 4.53 Å². The van der Waals surface area contributed by atoms with Gasteiger partial charge in [-0.1, -0.05) is 48.0 Å². The summed E-state index contributed by atoms with van der Waals surface area (Å²) < 4.78 is 28.4. The normalized spacial score (nSPS) is 21.3. The third kappa shape index (κ3) is 3.52. The molecule has 3 rings (SSSR count). The summed E-state index contributed by atoms with van der Waals surface area (Å²) in [4.78, 5) is 0.592. The van der Waals surface area contributed by atoms with Crippen LogP contribution in [0.4, 0.5) is 0 Å². The fourth-order valence-electron chi connectivity index (χ4n) is 2.90. The van der Waals surface area contributed by atoms with Gasteiger partial charge in [-0.05, 0) is 53.9 Å². The molecule has 1 heterocycles. The molecule has 0 fully saturated rings. The molecular formula is C20H18N2O3S2. The lowest BCUT2D eigenvalue weighted by Crippen LogP contribution is -2.22. The predicted octanol–water partition coefficient (Wildman–Crippen LogP) is 4.10. The number of aryl methyl sites for hydroxylation is 2. The number of nitrogens with zero attached hydrogens (tertiary/aromatic N) is 2. The number of hydrogen-bond acceptors (Lipinski definition) is 4. The molecule has 27 heavy (non-hydrogen) atoms. The van der Waals surface area contributed by atoms with Gasteiger partial charge in [0, 0.05) is 4.91 Å². The number of benzene rings is 2. The largest absolute Gasteiger partial charge is 0.261 e. The molecule has 2 atom stereocenters. The van der Waals surface area contributed by atoms with E-state index in [-0.39, 0.29) is 4.90 Å². The first-order chi connectivity index (χ1) is 12.9. The van der Waals surface area contributed by atoms with Crippen molar-refractivity contribution >= 4 is 26.1 Å². The minimum Gasteiger partial charge on any atom is -0.261 e. The highest BCUT2D eigenvalue weighted by atomic mass is 32.3. The molecule has 1 aliphatic rings. The summed E-state index contributed by atoms with van der Waals surface area (Å²) in [5.74, 6) is 0. The van der Waals surface area contributed by atoms with Crippen molar-refractivity contribution in [3.63, 3.8) is 0 Å². The lowest BCUT2D eigenvalue weighted by molar-refractivity contribution is 0.328. The van der Waals surface area contributed by atoms with E-state index in [9.17, 15) is 18.9 Å². The molecule has 0 radical (unpaired) electrons. The molecule has 7 heteroatoms. The van der Waals surface area contributed by atoms with Crippen LogP contribution in [0.1, 0.15) is 16.7 Å². The summed E-state index contributed by atoms with van der Waals surface area (Å²) in [5.41, 5.74) is 2.87. The molecule has 0 aromatic heterocycles. The summed E-state index contributed by atoms with van der Waals surface area (Å²) in [6.07, 6.45) is 3.09. The molecule has 0 amide bonds. The van der Waals surface area contributed by atoms with Crippen LogP contribution in [0.5, 0.6) is 0 Å². The van der Waals surface area contributed by atoms with Crippen LogP contribution in [0.25, 0.3) is 5.57 Å². The third-order valence-corrected chi connectivity index (χ3v) is 8.93. The Morgan fingerprint density at radius 2 is 1.81 bits per heavy atom. The van der Waals surface area contributed by atoms with E-state index in [4.69, 9.17) is 0 Å². The first-order valence-electron chi connectivity index (χ1n) is 8.17. The Labute approximate surface area is 161 Å². The Morgan fingerprint density at radius 1 is 1.15 bits per heavy atom. The van der Waals surface area contributed by atoms with Crippen LogP contribution in [0.2, 0.25) is 0 Å². The zero-order chi connectivity index (χ0) is 19.6. The fourth-order valence-corrected chi connectivity index (χ4v) is 6.93.